The average molecular weight is 320 g/mol. The van der Waals surface area contributed by atoms with Crippen molar-refractivity contribution in [2.75, 3.05) is 11.9 Å². The van der Waals surface area contributed by atoms with Crippen LogP contribution in [0.2, 0.25) is 0 Å². The Bertz CT molecular complexity index is 675. The van der Waals surface area contributed by atoms with E-state index in [9.17, 15) is 13.6 Å². The second-order valence-corrected chi connectivity index (χ2v) is 5.22. The van der Waals surface area contributed by atoms with Gasteiger partial charge >= 0.3 is 0 Å². The molecule has 4 nitrogen and oxygen atoms in total. The van der Waals surface area contributed by atoms with Gasteiger partial charge in [0, 0.05) is 29.4 Å². The van der Waals surface area contributed by atoms with E-state index in [0.717, 1.165) is 18.2 Å². The molecule has 122 valence electrons. The largest absolute Gasteiger partial charge is 0.394 e. The molecule has 0 saturated heterocycles. The highest BCUT2D eigenvalue weighted by atomic mass is 19.1. The van der Waals surface area contributed by atoms with Crippen molar-refractivity contribution >= 4 is 11.6 Å². The van der Waals surface area contributed by atoms with E-state index in [1.54, 1.807) is 31.2 Å². The minimum atomic E-state index is -0.492. The van der Waals surface area contributed by atoms with Gasteiger partial charge in [-0.1, -0.05) is 0 Å². The zero-order valence-electron chi connectivity index (χ0n) is 12.6. The number of carbonyl (C=O) groups excluding carboxylic acids is 1. The van der Waals surface area contributed by atoms with Gasteiger partial charge in [-0.05, 0) is 49.4 Å². The van der Waals surface area contributed by atoms with Crippen molar-refractivity contribution in [2.45, 2.75) is 19.5 Å². The number of hydrogen-bond acceptors (Lipinski definition) is 3. The molecule has 0 saturated carbocycles. The predicted molar refractivity (Wildman–Crippen MR) is 84.1 cm³/mol. The van der Waals surface area contributed by atoms with E-state index in [1.807, 2.05) is 0 Å². The molecule has 1 amide bonds. The van der Waals surface area contributed by atoms with Crippen LogP contribution in [0.5, 0.6) is 0 Å². The number of hydrogen-bond donors (Lipinski definition) is 3. The highest BCUT2D eigenvalue weighted by Gasteiger charge is 2.09. The number of carbonyl (C=O) groups is 1. The Morgan fingerprint density at radius 3 is 2.52 bits per heavy atom. The van der Waals surface area contributed by atoms with Gasteiger partial charge in [-0.3, -0.25) is 4.79 Å². The van der Waals surface area contributed by atoms with E-state index in [2.05, 4.69) is 10.6 Å². The molecule has 2 aromatic carbocycles. The first-order valence-electron chi connectivity index (χ1n) is 7.19. The molecule has 2 aromatic rings. The fourth-order valence-corrected chi connectivity index (χ4v) is 1.97. The molecule has 1 unspecified atom stereocenters. The molecule has 0 aliphatic rings. The van der Waals surface area contributed by atoms with E-state index in [0.29, 0.717) is 11.3 Å². The summed E-state index contributed by atoms with van der Waals surface area (Å²) in [5.41, 5.74) is 1.36. The zero-order valence-corrected chi connectivity index (χ0v) is 12.6. The molecule has 2 rings (SSSR count). The Labute approximate surface area is 133 Å². The molecular formula is C17H18F2N2O2. The summed E-state index contributed by atoms with van der Waals surface area (Å²) in [4.78, 5) is 11.9. The van der Waals surface area contributed by atoms with E-state index in [-0.39, 0.29) is 30.7 Å². The normalized spacial score (nSPS) is 11.8. The molecule has 23 heavy (non-hydrogen) atoms. The number of benzene rings is 2. The van der Waals surface area contributed by atoms with E-state index in [1.165, 1.54) is 0 Å². The number of anilines is 1. The molecule has 0 aliphatic carbocycles. The molecule has 0 fully saturated rings. The van der Waals surface area contributed by atoms with E-state index in [4.69, 9.17) is 5.11 Å². The quantitative estimate of drug-likeness (QED) is 0.767. The lowest BCUT2D eigenvalue weighted by Crippen LogP contribution is -2.34. The Morgan fingerprint density at radius 2 is 1.87 bits per heavy atom. The van der Waals surface area contributed by atoms with Gasteiger partial charge in [0.25, 0.3) is 5.91 Å². The van der Waals surface area contributed by atoms with Crippen LogP contribution in [0, 0.1) is 11.6 Å². The SMILES string of the molecule is CC(CO)NC(=O)c1ccc(NCc2cc(F)ccc2F)cc1. The maximum atomic E-state index is 13.5. The second kappa shape index (κ2) is 7.69. The van der Waals surface area contributed by atoms with Crippen LogP contribution in [-0.4, -0.2) is 23.7 Å². The first kappa shape index (κ1) is 16.9. The monoisotopic (exact) mass is 320 g/mol. The topological polar surface area (TPSA) is 61.4 Å². The van der Waals surface area contributed by atoms with Gasteiger partial charge in [0.15, 0.2) is 0 Å². The van der Waals surface area contributed by atoms with Crippen molar-refractivity contribution in [1.82, 2.24) is 5.32 Å². The maximum Gasteiger partial charge on any atom is 0.251 e. The minimum Gasteiger partial charge on any atom is -0.394 e. The number of amides is 1. The van der Waals surface area contributed by atoms with Crippen LogP contribution in [0.3, 0.4) is 0 Å². The summed E-state index contributed by atoms with van der Waals surface area (Å²) in [5, 5.41) is 14.5. The van der Waals surface area contributed by atoms with Crippen LogP contribution >= 0.6 is 0 Å². The number of nitrogens with one attached hydrogen (secondary N) is 2. The molecule has 0 aliphatic heterocycles. The summed E-state index contributed by atoms with van der Waals surface area (Å²) in [5.74, 6) is -1.25. The van der Waals surface area contributed by atoms with E-state index >= 15 is 0 Å². The van der Waals surface area contributed by atoms with Gasteiger partial charge in [-0.15, -0.1) is 0 Å². The Hall–Kier alpha value is -2.47. The van der Waals surface area contributed by atoms with Crippen LogP contribution in [0.4, 0.5) is 14.5 Å². The van der Waals surface area contributed by atoms with Crippen molar-refractivity contribution in [2.24, 2.45) is 0 Å². The smallest absolute Gasteiger partial charge is 0.251 e. The van der Waals surface area contributed by atoms with Crippen molar-refractivity contribution in [3.63, 3.8) is 0 Å². The molecule has 0 spiro atoms. The van der Waals surface area contributed by atoms with Gasteiger partial charge in [-0.2, -0.15) is 0 Å². The Balaban J connectivity index is 1.97. The van der Waals surface area contributed by atoms with Crippen LogP contribution in [0.1, 0.15) is 22.8 Å². The maximum absolute atomic E-state index is 13.5. The van der Waals surface area contributed by atoms with Gasteiger partial charge in [0.1, 0.15) is 11.6 Å². The van der Waals surface area contributed by atoms with Crippen LogP contribution in [-0.2, 0) is 6.54 Å². The fourth-order valence-electron chi connectivity index (χ4n) is 1.97. The average Bonchev–Trinajstić information content (AvgIpc) is 2.56. The lowest BCUT2D eigenvalue weighted by atomic mass is 10.1. The molecule has 3 N–H and O–H groups in total. The predicted octanol–water partition coefficient (Wildman–Crippen LogP) is 2.69. The number of halogens is 2. The number of rotatable bonds is 6. The highest BCUT2D eigenvalue weighted by molar-refractivity contribution is 5.94. The van der Waals surface area contributed by atoms with Crippen molar-refractivity contribution in [3.05, 3.63) is 65.2 Å². The fraction of sp³-hybridized carbons (Fsp3) is 0.235. The lowest BCUT2D eigenvalue weighted by molar-refractivity contribution is 0.0922. The standard InChI is InChI=1S/C17H18F2N2O2/c1-11(10-22)21-17(23)12-2-5-15(6-3-12)20-9-13-8-14(18)4-7-16(13)19/h2-8,11,20,22H,9-10H2,1H3,(H,21,23). The van der Waals surface area contributed by atoms with Gasteiger partial charge in [0.2, 0.25) is 0 Å². The summed E-state index contributed by atoms with van der Waals surface area (Å²) in [6.07, 6.45) is 0. The van der Waals surface area contributed by atoms with Gasteiger partial charge < -0.3 is 15.7 Å². The summed E-state index contributed by atoms with van der Waals surface area (Å²) in [6, 6.07) is 9.55. The van der Waals surface area contributed by atoms with Crippen LogP contribution in [0.25, 0.3) is 0 Å². The molecule has 6 heteroatoms. The second-order valence-electron chi connectivity index (χ2n) is 5.22. The first-order chi connectivity index (χ1) is 11.0. The van der Waals surface area contributed by atoms with Crippen LogP contribution < -0.4 is 10.6 Å². The Kier molecular flexibility index (Phi) is 5.65. The molecule has 0 bridgehead atoms. The lowest BCUT2D eigenvalue weighted by Gasteiger charge is -2.11. The Morgan fingerprint density at radius 1 is 1.17 bits per heavy atom. The van der Waals surface area contributed by atoms with Crippen molar-refractivity contribution in [1.29, 1.82) is 0 Å². The molecular weight excluding hydrogens is 302 g/mol. The third kappa shape index (κ3) is 4.75. The van der Waals surface area contributed by atoms with Crippen molar-refractivity contribution < 1.29 is 18.7 Å². The van der Waals surface area contributed by atoms with Gasteiger partial charge in [-0.25, -0.2) is 8.78 Å². The first-order valence-corrected chi connectivity index (χ1v) is 7.19. The molecule has 0 radical (unpaired) electrons. The molecule has 1 atom stereocenters. The van der Waals surface area contributed by atoms with E-state index < -0.39 is 11.6 Å². The van der Waals surface area contributed by atoms with Gasteiger partial charge in [0.05, 0.1) is 6.61 Å². The summed E-state index contributed by atoms with van der Waals surface area (Å²) in [7, 11) is 0. The van der Waals surface area contributed by atoms with Crippen LogP contribution in [0.15, 0.2) is 42.5 Å². The summed E-state index contributed by atoms with van der Waals surface area (Å²) < 4.78 is 26.6. The minimum absolute atomic E-state index is 0.134. The number of aliphatic hydroxyl groups is 1. The summed E-state index contributed by atoms with van der Waals surface area (Å²) >= 11 is 0. The van der Waals surface area contributed by atoms with Crippen molar-refractivity contribution in [3.8, 4) is 0 Å². The molecule has 0 aromatic heterocycles. The molecule has 0 heterocycles. The third-order valence-electron chi connectivity index (χ3n) is 3.29. The zero-order chi connectivity index (χ0) is 16.8. The third-order valence-corrected chi connectivity index (χ3v) is 3.29. The number of aliphatic hydroxyl groups excluding tert-OH is 1. The summed E-state index contributed by atoms with van der Waals surface area (Å²) in [6.45, 7) is 1.70. The highest BCUT2D eigenvalue weighted by Crippen LogP contribution is 2.14.